The molecule has 120 valence electrons. The minimum Gasteiger partial charge on any atom is -0.320 e. The fraction of sp³-hybridized carbons (Fsp3) is 0.0526. The summed E-state index contributed by atoms with van der Waals surface area (Å²) in [5, 5.41) is 6.95. The molecular formula is C19H16FN3O. The average molecular weight is 321 g/mol. The zero-order chi connectivity index (χ0) is 16.8. The van der Waals surface area contributed by atoms with E-state index in [2.05, 4.69) is 10.4 Å². The van der Waals surface area contributed by atoms with Crippen LogP contribution in [-0.2, 0) is 11.3 Å². The van der Waals surface area contributed by atoms with Gasteiger partial charge in [0.1, 0.15) is 5.82 Å². The minimum atomic E-state index is -0.266. The lowest BCUT2D eigenvalue weighted by atomic mass is 10.2. The molecule has 0 unspecified atom stereocenters. The third kappa shape index (κ3) is 4.39. The van der Waals surface area contributed by atoms with Gasteiger partial charge in [-0.25, -0.2) is 4.39 Å². The molecule has 0 atom stereocenters. The first kappa shape index (κ1) is 15.7. The van der Waals surface area contributed by atoms with Crippen molar-refractivity contribution in [2.75, 3.05) is 5.32 Å². The fourth-order valence-electron chi connectivity index (χ4n) is 2.21. The van der Waals surface area contributed by atoms with Gasteiger partial charge in [0, 0.05) is 12.3 Å². The third-order valence-corrected chi connectivity index (χ3v) is 3.39. The van der Waals surface area contributed by atoms with E-state index in [1.165, 1.54) is 18.2 Å². The smallest absolute Gasteiger partial charge is 0.248 e. The number of carbonyl (C=O) groups excluding carboxylic acids is 1. The van der Waals surface area contributed by atoms with Gasteiger partial charge in [-0.2, -0.15) is 5.10 Å². The maximum Gasteiger partial charge on any atom is 0.248 e. The van der Waals surface area contributed by atoms with Crippen molar-refractivity contribution in [1.82, 2.24) is 9.78 Å². The van der Waals surface area contributed by atoms with Crippen LogP contribution >= 0.6 is 0 Å². The van der Waals surface area contributed by atoms with E-state index >= 15 is 0 Å². The summed E-state index contributed by atoms with van der Waals surface area (Å²) in [5.74, 6) is -0.488. The van der Waals surface area contributed by atoms with Crippen LogP contribution in [0.25, 0.3) is 6.08 Å². The molecule has 0 radical (unpaired) electrons. The van der Waals surface area contributed by atoms with Crippen LogP contribution in [0.15, 0.2) is 73.1 Å². The standard InChI is InChI=1S/C19H16FN3O/c20-17-9-6-16(7-10-17)13-23-14-18(12-21-23)22-19(24)11-8-15-4-2-1-3-5-15/h1-12,14H,13H2,(H,22,24). The molecule has 0 bridgehead atoms. The van der Waals surface area contributed by atoms with Crippen molar-refractivity contribution in [3.8, 4) is 0 Å². The SMILES string of the molecule is O=C(C=Cc1ccccc1)Nc1cnn(Cc2ccc(F)cc2)c1. The number of carbonyl (C=O) groups is 1. The largest absolute Gasteiger partial charge is 0.320 e. The first-order valence-corrected chi connectivity index (χ1v) is 7.50. The number of rotatable bonds is 5. The summed E-state index contributed by atoms with van der Waals surface area (Å²) in [6.07, 6.45) is 6.54. The maximum absolute atomic E-state index is 12.9. The van der Waals surface area contributed by atoms with Crippen molar-refractivity contribution in [2.45, 2.75) is 6.54 Å². The van der Waals surface area contributed by atoms with Crippen molar-refractivity contribution < 1.29 is 9.18 Å². The van der Waals surface area contributed by atoms with E-state index < -0.39 is 0 Å². The number of anilines is 1. The van der Waals surface area contributed by atoms with E-state index in [9.17, 15) is 9.18 Å². The minimum absolute atomic E-state index is 0.222. The van der Waals surface area contributed by atoms with Crippen LogP contribution in [0.3, 0.4) is 0 Å². The Labute approximate surface area is 139 Å². The molecule has 0 saturated heterocycles. The second-order valence-corrected chi connectivity index (χ2v) is 5.29. The second kappa shape index (κ2) is 7.37. The van der Waals surface area contributed by atoms with Crippen molar-refractivity contribution in [3.05, 3.63) is 90.0 Å². The van der Waals surface area contributed by atoms with Crippen LogP contribution in [0.5, 0.6) is 0 Å². The highest BCUT2D eigenvalue weighted by Gasteiger charge is 2.03. The zero-order valence-electron chi connectivity index (χ0n) is 12.9. The molecule has 1 amide bonds. The molecular weight excluding hydrogens is 305 g/mol. The molecule has 0 fully saturated rings. The van der Waals surface area contributed by atoms with Crippen molar-refractivity contribution >= 4 is 17.7 Å². The van der Waals surface area contributed by atoms with Crippen molar-refractivity contribution in [1.29, 1.82) is 0 Å². The van der Waals surface area contributed by atoms with Gasteiger partial charge in [0.05, 0.1) is 18.4 Å². The topological polar surface area (TPSA) is 46.9 Å². The number of halogens is 1. The van der Waals surface area contributed by atoms with Crippen molar-refractivity contribution in [2.24, 2.45) is 0 Å². The Morgan fingerprint density at radius 3 is 2.62 bits per heavy atom. The lowest BCUT2D eigenvalue weighted by Gasteiger charge is -2.01. The molecule has 1 heterocycles. The van der Waals surface area contributed by atoms with Crippen molar-refractivity contribution in [3.63, 3.8) is 0 Å². The number of nitrogens with zero attached hydrogens (tertiary/aromatic N) is 2. The summed E-state index contributed by atoms with van der Waals surface area (Å²) in [5.41, 5.74) is 2.50. The lowest BCUT2D eigenvalue weighted by molar-refractivity contribution is -0.111. The summed E-state index contributed by atoms with van der Waals surface area (Å²) < 4.78 is 14.6. The van der Waals surface area contributed by atoms with Gasteiger partial charge in [0.25, 0.3) is 0 Å². The quantitative estimate of drug-likeness (QED) is 0.728. The van der Waals surface area contributed by atoms with E-state index in [1.807, 2.05) is 30.3 Å². The molecule has 0 aliphatic rings. The number of nitrogens with one attached hydrogen (secondary N) is 1. The van der Waals surface area contributed by atoms with Crippen LogP contribution in [0.2, 0.25) is 0 Å². The molecule has 4 nitrogen and oxygen atoms in total. The van der Waals surface area contributed by atoms with Crippen LogP contribution in [0.4, 0.5) is 10.1 Å². The molecule has 0 saturated carbocycles. The lowest BCUT2D eigenvalue weighted by Crippen LogP contribution is -2.07. The Balaban J connectivity index is 1.58. The Hall–Kier alpha value is -3.21. The Bertz CT molecular complexity index is 839. The summed E-state index contributed by atoms with van der Waals surface area (Å²) in [6.45, 7) is 0.510. The molecule has 3 rings (SSSR count). The summed E-state index contributed by atoms with van der Waals surface area (Å²) in [7, 11) is 0. The molecule has 2 aromatic carbocycles. The van der Waals surface area contributed by atoms with Gasteiger partial charge in [0.2, 0.25) is 5.91 Å². The number of benzene rings is 2. The van der Waals surface area contributed by atoms with Gasteiger partial charge in [-0.1, -0.05) is 42.5 Å². The normalized spacial score (nSPS) is 10.9. The highest BCUT2D eigenvalue weighted by molar-refractivity contribution is 6.01. The molecule has 1 N–H and O–H groups in total. The highest BCUT2D eigenvalue weighted by atomic mass is 19.1. The maximum atomic E-state index is 12.9. The number of amides is 1. The van der Waals surface area contributed by atoms with Gasteiger partial charge in [-0.15, -0.1) is 0 Å². The van der Waals surface area contributed by atoms with E-state index in [0.29, 0.717) is 12.2 Å². The van der Waals surface area contributed by atoms with Gasteiger partial charge in [-0.05, 0) is 29.3 Å². The molecule has 5 heteroatoms. The summed E-state index contributed by atoms with van der Waals surface area (Å²) in [6, 6.07) is 15.8. The average Bonchev–Trinajstić information content (AvgIpc) is 3.03. The second-order valence-electron chi connectivity index (χ2n) is 5.29. The molecule has 1 aromatic heterocycles. The van der Waals surface area contributed by atoms with E-state index in [4.69, 9.17) is 0 Å². The third-order valence-electron chi connectivity index (χ3n) is 3.39. The fourth-order valence-corrected chi connectivity index (χ4v) is 2.21. The van der Waals surface area contributed by atoms with E-state index in [1.54, 1.807) is 35.3 Å². The first-order valence-electron chi connectivity index (χ1n) is 7.50. The number of aromatic nitrogens is 2. The van der Waals surface area contributed by atoms with Crippen LogP contribution in [0, 0.1) is 5.82 Å². The zero-order valence-corrected chi connectivity index (χ0v) is 12.9. The van der Waals surface area contributed by atoms with Gasteiger partial charge in [-0.3, -0.25) is 9.48 Å². The highest BCUT2D eigenvalue weighted by Crippen LogP contribution is 2.09. The summed E-state index contributed by atoms with van der Waals surface area (Å²) in [4.78, 5) is 11.9. The Kier molecular flexibility index (Phi) is 4.81. The van der Waals surface area contributed by atoms with E-state index in [0.717, 1.165) is 11.1 Å². The van der Waals surface area contributed by atoms with Gasteiger partial charge in [0.15, 0.2) is 0 Å². The van der Waals surface area contributed by atoms with Crippen LogP contribution < -0.4 is 5.32 Å². The van der Waals surface area contributed by atoms with Gasteiger partial charge >= 0.3 is 0 Å². The van der Waals surface area contributed by atoms with Gasteiger partial charge < -0.3 is 5.32 Å². The number of hydrogen-bond acceptors (Lipinski definition) is 2. The Morgan fingerprint density at radius 2 is 1.88 bits per heavy atom. The first-order chi connectivity index (χ1) is 11.7. The summed E-state index contributed by atoms with van der Waals surface area (Å²) >= 11 is 0. The number of hydrogen-bond donors (Lipinski definition) is 1. The monoisotopic (exact) mass is 321 g/mol. The van der Waals surface area contributed by atoms with Crippen LogP contribution in [0.1, 0.15) is 11.1 Å². The van der Waals surface area contributed by atoms with E-state index in [-0.39, 0.29) is 11.7 Å². The molecule has 24 heavy (non-hydrogen) atoms. The Morgan fingerprint density at radius 1 is 1.12 bits per heavy atom. The predicted octanol–water partition coefficient (Wildman–Crippen LogP) is 3.72. The molecule has 0 aliphatic carbocycles. The molecule has 0 spiro atoms. The predicted molar refractivity (Wildman–Crippen MR) is 91.8 cm³/mol. The molecule has 0 aliphatic heterocycles. The van der Waals surface area contributed by atoms with Crippen LogP contribution in [-0.4, -0.2) is 15.7 Å². The molecule has 3 aromatic rings.